The summed E-state index contributed by atoms with van der Waals surface area (Å²) in [4.78, 5) is 24.6. The van der Waals surface area contributed by atoms with Crippen molar-refractivity contribution in [1.29, 1.82) is 0 Å². The number of unbranched alkanes of at least 4 members (excludes halogenated alkanes) is 1. The Labute approximate surface area is 202 Å². The minimum Gasteiger partial charge on any atom is -0.460 e. The molecule has 1 aromatic rings. The van der Waals surface area contributed by atoms with E-state index in [0.717, 1.165) is 24.9 Å². The van der Waals surface area contributed by atoms with Crippen LogP contribution in [-0.4, -0.2) is 54.5 Å². The van der Waals surface area contributed by atoms with Crippen LogP contribution in [-0.2, 0) is 20.7 Å². The molecule has 2 unspecified atom stereocenters. The number of benzene rings is 1. The topological polar surface area (TPSA) is 77.1 Å². The van der Waals surface area contributed by atoms with Crippen LogP contribution in [0.1, 0.15) is 39.2 Å². The summed E-state index contributed by atoms with van der Waals surface area (Å²) >= 11 is 12.1. The molecule has 0 aromatic heterocycles. The van der Waals surface area contributed by atoms with Crippen LogP contribution in [0.2, 0.25) is 0 Å². The summed E-state index contributed by atoms with van der Waals surface area (Å²) in [6.07, 6.45) is 2.87. The van der Waals surface area contributed by atoms with Gasteiger partial charge in [-0.25, -0.2) is 14.3 Å². The van der Waals surface area contributed by atoms with Gasteiger partial charge in [0.1, 0.15) is 24.0 Å². The number of halogens is 2. The molecule has 1 N–H and O–H groups in total. The number of amides is 1. The zero-order valence-corrected chi connectivity index (χ0v) is 21.5. The van der Waals surface area contributed by atoms with Crippen molar-refractivity contribution in [1.82, 2.24) is 9.99 Å². The van der Waals surface area contributed by atoms with E-state index in [1.54, 1.807) is 32.9 Å². The zero-order chi connectivity index (χ0) is 24.1. The third kappa shape index (κ3) is 11.9. The first kappa shape index (κ1) is 28.5. The Kier molecular flexibility index (Phi) is 13.0. The summed E-state index contributed by atoms with van der Waals surface area (Å²) in [5, 5.41) is 2.58. The number of nitrogens with one attached hydrogen (secondary N) is 1. The van der Waals surface area contributed by atoms with Gasteiger partial charge in [-0.15, -0.1) is 11.6 Å². The maximum Gasteiger partial charge on any atom is 0.408 e. The van der Waals surface area contributed by atoms with Crippen molar-refractivity contribution >= 4 is 42.6 Å². The third-order valence-electron chi connectivity index (χ3n) is 4.00. The molecule has 1 rings (SSSR count). The molecule has 0 heterocycles. The van der Waals surface area contributed by atoms with E-state index >= 15 is 0 Å². The molecule has 7 nitrogen and oxygen atoms in total. The summed E-state index contributed by atoms with van der Waals surface area (Å²) < 4.78 is 18.1. The van der Waals surface area contributed by atoms with Crippen LogP contribution < -0.4 is 9.84 Å². The standard InChI is InChI=1S/C22H33Cl2N2O5P/c1-6-15-29-20(27)19(25-21(28)30-22(2,3)4)16-17-9-11-18(12-10-17)31-32(24)26(5)14-8-7-13-23/h6,9-12,19H,1,7-8,13-16H2,2-5H3,(H,25,28). The fourth-order valence-corrected chi connectivity index (χ4v) is 3.87. The Morgan fingerprint density at radius 2 is 1.91 bits per heavy atom. The number of esters is 1. The van der Waals surface area contributed by atoms with E-state index in [2.05, 4.69) is 11.9 Å². The molecule has 1 aromatic carbocycles. The fraction of sp³-hybridized carbons (Fsp3) is 0.545. The van der Waals surface area contributed by atoms with Crippen molar-refractivity contribution in [2.75, 3.05) is 26.1 Å². The molecule has 1 amide bonds. The van der Waals surface area contributed by atoms with Crippen molar-refractivity contribution in [3.63, 3.8) is 0 Å². The number of carbonyl (C=O) groups is 2. The zero-order valence-electron chi connectivity index (χ0n) is 19.1. The Morgan fingerprint density at radius 1 is 1.25 bits per heavy atom. The number of ether oxygens (including phenoxy) is 2. The minimum atomic E-state index is -1.30. The highest BCUT2D eigenvalue weighted by Gasteiger charge is 2.26. The first-order chi connectivity index (χ1) is 15.1. The second kappa shape index (κ2) is 14.6. The highest BCUT2D eigenvalue weighted by Crippen LogP contribution is 2.45. The van der Waals surface area contributed by atoms with E-state index < -0.39 is 31.4 Å². The quantitative estimate of drug-likeness (QED) is 0.122. The first-order valence-electron chi connectivity index (χ1n) is 10.3. The Hall–Kier alpha value is -1.53. The van der Waals surface area contributed by atoms with Gasteiger partial charge >= 0.3 is 12.1 Å². The average Bonchev–Trinajstić information content (AvgIpc) is 2.71. The molecule has 0 aliphatic rings. The predicted molar refractivity (Wildman–Crippen MR) is 130 cm³/mol. The molecule has 0 radical (unpaired) electrons. The summed E-state index contributed by atoms with van der Waals surface area (Å²) in [7, 11) is 0.608. The van der Waals surface area contributed by atoms with Gasteiger partial charge in [-0.2, -0.15) is 0 Å². The van der Waals surface area contributed by atoms with Crippen LogP contribution in [0, 0.1) is 0 Å². The lowest BCUT2D eigenvalue weighted by Gasteiger charge is -2.23. The molecule has 0 spiro atoms. The van der Waals surface area contributed by atoms with Crippen molar-refractivity contribution < 1.29 is 23.6 Å². The van der Waals surface area contributed by atoms with Crippen molar-refractivity contribution in [3.05, 3.63) is 42.5 Å². The van der Waals surface area contributed by atoms with Crippen LogP contribution in [0.5, 0.6) is 5.75 Å². The Morgan fingerprint density at radius 3 is 2.47 bits per heavy atom. The summed E-state index contributed by atoms with van der Waals surface area (Å²) in [6.45, 7) is 9.62. The van der Waals surface area contributed by atoms with E-state index in [0.29, 0.717) is 11.6 Å². The molecular formula is C22H33Cl2N2O5P. The van der Waals surface area contributed by atoms with Gasteiger partial charge in [0.15, 0.2) is 0 Å². The average molecular weight is 507 g/mol. The second-order valence-corrected chi connectivity index (χ2v) is 10.6. The third-order valence-corrected chi connectivity index (χ3v) is 6.34. The summed E-state index contributed by atoms with van der Waals surface area (Å²) in [5.41, 5.74) is 0.124. The van der Waals surface area contributed by atoms with E-state index in [-0.39, 0.29) is 13.0 Å². The normalized spacial score (nSPS) is 13.2. The van der Waals surface area contributed by atoms with Crippen LogP contribution in [0.3, 0.4) is 0 Å². The molecule has 180 valence electrons. The molecule has 0 fully saturated rings. The van der Waals surface area contributed by atoms with Gasteiger partial charge < -0.3 is 19.3 Å². The van der Waals surface area contributed by atoms with E-state index in [9.17, 15) is 9.59 Å². The number of nitrogens with zero attached hydrogens (tertiary/aromatic N) is 1. The smallest absolute Gasteiger partial charge is 0.408 e. The first-order valence-corrected chi connectivity index (χ1v) is 13.0. The van der Waals surface area contributed by atoms with Crippen LogP contribution >= 0.6 is 30.5 Å². The van der Waals surface area contributed by atoms with E-state index in [4.69, 9.17) is 36.8 Å². The lowest BCUT2D eigenvalue weighted by Crippen LogP contribution is -2.45. The number of hydrogen-bond donors (Lipinski definition) is 1. The summed E-state index contributed by atoms with van der Waals surface area (Å²) in [5.74, 6) is 0.672. The van der Waals surface area contributed by atoms with Gasteiger partial charge in [-0.1, -0.05) is 24.8 Å². The van der Waals surface area contributed by atoms with Gasteiger partial charge in [0.05, 0.1) is 0 Å². The number of hydrogen-bond acceptors (Lipinski definition) is 6. The minimum absolute atomic E-state index is 0.0514. The van der Waals surface area contributed by atoms with Crippen molar-refractivity contribution in [2.24, 2.45) is 0 Å². The molecule has 32 heavy (non-hydrogen) atoms. The molecule has 2 atom stereocenters. The van der Waals surface area contributed by atoms with Crippen LogP contribution in [0.25, 0.3) is 0 Å². The lowest BCUT2D eigenvalue weighted by atomic mass is 10.1. The maximum atomic E-state index is 12.4. The van der Waals surface area contributed by atoms with Gasteiger partial charge in [0, 0.05) is 18.8 Å². The molecule has 0 saturated heterocycles. The Bertz CT molecular complexity index is 728. The maximum absolute atomic E-state index is 12.4. The second-order valence-electron chi connectivity index (χ2n) is 8.06. The van der Waals surface area contributed by atoms with Gasteiger partial charge in [-0.05, 0) is 69.6 Å². The lowest BCUT2D eigenvalue weighted by molar-refractivity contribution is -0.144. The van der Waals surface area contributed by atoms with Gasteiger partial charge in [0.2, 0.25) is 0 Å². The number of rotatable bonds is 13. The van der Waals surface area contributed by atoms with Crippen molar-refractivity contribution in [2.45, 2.75) is 51.7 Å². The van der Waals surface area contributed by atoms with Gasteiger partial charge in [0.25, 0.3) is 7.65 Å². The van der Waals surface area contributed by atoms with Crippen molar-refractivity contribution in [3.8, 4) is 5.75 Å². The number of alkyl carbamates (subject to hydrolysis) is 1. The van der Waals surface area contributed by atoms with E-state index in [1.165, 1.54) is 6.08 Å². The number of alkyl halides is 1. The molecule has 0 saturated carbocycles. The molecule has 0 aliphatic heterocycles. The van der Waals surface area contributed by atoms with Crippen LogP contribution in [0.4, 0.5) is 4.79 Å². The SMILES string of the molecule is C=CCOC(=O)C(Cc1ccc(OP(Cl)N(C)CCCCCl)cc1)NC(=O)OC(C)(C)C. The van der Waals surface area contributed by atoms with E-state index in [1.807, 2.05) is 23.9 Å². The fourth-order valence-electron chi connectivity index (χ4n) is 2.48. The van der Waals surface area contributed by atoms with Gasteiger partial charge in [-0.3, -0.25) is 0 Å². The predicted octanol–water partition coefficient (Wildman–Crippen LogP) is 5.65. The number of carbonyl (C=O) groups excluding carboxylic acids is 2. The summed E-state index contributed by atoms with van der Waals surface area (Å²) in [6, 6.07) is 6.27. The molecule has 10 heteroatoms. The molecule has 0 aliphatic carbocycles. The highest BCUT2D eigenvalue weighted by molar-refractivity contribution is 7.78. The Balaban J connectivity index is 2.75. The monoisotopic (exact) mass is 506 g/mol. The largest absolute Gasteiger partial charge is 0.460 e. The highest BCUT2D eigenvalue weighted by atomic mass is 35.7. The molecule has 0 bridgehead atoms. The van der Waals surface area contributed by atoms with Crippen LogP contribution in [0.15, 0.2) is 36.9 Å². The molecular weight excluding hydrogens is 474 g/mol.